The number of halogens is 7. The van der Waals surface area contributed by atoms with Gasteiger partial charge in [-0.1, -0.05) is 0 Å². The van der Waals surface area contributed by atoms with Gasteiger partial charge in [0, 0.05) is 12.6 Å². The van der Waals surface area contributed by atoms with Crippen LogP contribution in [0, 0.1) is 5.82 Å². The first-order chi connectivity index (χ1) is 10.2. The van der Waals surface area contributed by atoms with Gasteiger partial charge in [-0.3, -0.25) is 14.4 Å². The van der Waals surface area contributed by atoms with Gasteiger partial charge in [0.1, 0.15) is 5.82 Å². The van der Waals surface area contributed by atoms with Crippen molar-refractivity contribution in [2.75, 3.05) is 5.32 Å². The van der Waals surface area contributed by atoms with E-state index in [0.29, 0.717) is 5.69 Å². The average molecular weight is 347 g/mol. The third-order valence-electron chi connectivity index (χ3n) is 1.89. The molecule has 0 saturated carbocycles. The van der Waals surface area contributed by atoms with Crippen molar-refractivity contribution >= 4 is 23.2 Å². The van der Waals surface area contributed by atoms with Gasteiger partial charge in [0.2, 0.25) is 5.91 Å². The second-order valence-electron chi connectivity index (χ2n) is 3.84. The minimum Gasteiger partial charge on any atom is -0.326 e. The van der Waals surface area contributed by atoms with Crippen LogP contribution >= 0.6 is 0 Å². The van der Waals surface area contributed by atoms with E-state index in [2.05, 4.69) is 5.32 Å². The monoisotopic (exact) mass is 347 g/mol. The molecule has 0 aliphatic rings. The highest BCUT2D eigenvalue weighted by Gasteiger charge is 2.54. The Morgan fingerprint density at radius 3 is 1.43 bits per heavy atom. The summed E-state index contributed by atoms with van der Waals surface area (Å²) < 4.78 is 79.3. The molecule has 1 amide bonds. The number of ketones is 2. The van der Waals surface area contributed by atoms with E-state index < -0.39 is 23.9 Å². The highest BCUT2D eigenvalue weighted by atomic mass is 19.4. The average Bonchev–Trinajstić information content (AvgIpc) is 2.38. The van der Waals surface area contributed by atoms with E-state index in [9.17, 15) is 45.1 Å². The Balaban J connectivity index is 0.000000422. The maximum Gasteiger partial charge on any atom is 0.458 e. The predicted molar refractivity (Wildman–Crippen MR) is 62.8 cm³/mol. The summed E-state index contributed by atoms with van der Waals surface area (Å²) >= 11 is 0. The Hall–Kier alpha value is -2.46. The van der Waals surface area contributed by atoms with Crippen molar-refractivity contribution < 1.29 is 45.1 Å². The molecule has 0 radical (unpaired) electrons. The number of carbonyl (C=O) groups excluding carboxylic acids is 3. The number of hydrogen-bond donors (Lipinski definition) is 1. The van der Waals surface area contributed by atoms with E-state index in [1.165, 1.54) is 31.2 Å². The quantitative estimate of drug-likeness (QED) is 0.661. The molecule has 0 aromatic heterocycles. The number of Topliss-reactive ketones (excluding diaryl/α,β-unsaturated/α-hetero) is 2. The van der Waals surface area contributed by atoms with E-state index in [4.69, 9.17) is 0 Å². The Morgan fingerprint density at radius 1 is 0.826 bits per heavy atom. The SMILES string of the molecule is CC(=O)Nc1ccc(F)cc1.O=C(C(=O)C(F)(F)F)C(F)(F)F. The van der Waals surface area contributed by atoms with Crippen LogP contribution in [-0.4, -0.2) is 29.8 Å². The topological polar surface area (TPSA) is 63.2 Å². The minimum absolute atomic E-state index is 0.156. The normalized spacial score (nSPS) is 11.1. The molecular weight excluding hydrogens is 339 g/mol. The Kier molecular flexibility index (Phi) is 6.87. The summed E-state index contributed by atoms with van der Waals surface area (Å²) in [6, 6.07) is 5.62. The summed E-state index contributed by atoms with van der Waals surface area (Å²) in [7, 11) is 0. The van der Waals surface area contributed by atoms with Gasteiger partial charge in [-0.05, 0) is 24.3 Å². The van der Waals surface area contributed by atoms with Crippen LogP contribution in [0.2, 0.25) is 0 Å². The van der Waals surface area contributed by atoms with Crippen LogP contribution in [-0.2, 0) is 14.4 Å². The number of anilines is 1. The highest BCUT2D eigenvalue weighted by Crippen LogP contribution is 2.23. The lowest BCUT2D eigenvalue weighted by molar-refractivity contribution is -0.193. The molecular formula is C12H8F7NO3. The molecule has 1 N–H and O–H groups in total. The van der Waals surface area contributed by atoms with Gasteiger partial charge in [0.05, 0.1) is 0 Å². The van der Waals surface area contributed by atoms with Gasteiger partial charge in [0.25, 0.3) is 0 Å². The molecule has 0 heterocycles. The first-order valence-electron chi connectivity index (χ1n) is 5.51. The summed E-state index contributed by atoms with van der Waals surface area (Å²) in [5.41, 5.74) is 0.610. The molecule has 0 saturated heterocycles. The fraction of sp³-hybridized carbons (Fsp3) is 0.250. The molecule has 0 aliphatic carbocycles. The summed E-state index contributed by atoms with van der Waals surface area (Å²) in [4.78, 5) is 29.7. The number of alkyl halides is 6. The number of carbonyl (C=O) groups is 3. The second-order valence-corrected chi connectivity index (χ2v) is 3.84. The van der Waals surface area contributed by atoms with Gasteiger partial charge >= 0.3 is 23.9 Å². The van der Waals surface area contributed by atoms with E-state index >= 15 is 0 Å². The maximum atomic E-state index is 12.3. The first kappa shape index (κ1) is 20.5. The zero-order valence-corrected chi connectivity index (χ0v) is 11.2. The van der Waals surface area contributed by atoms with Gasteiger partial charge in [-0.15, -0.1) is 0 Å². The molecule has 0 fully saturated rings. The number of benzene rings is 1. The largest absolute Gasteiger partial charge is 0.458 e. The molecule has 128 valence electrons. The predicted octanol–water partition coefficient (Wildman–Crippen LogP) is 3.03. The second kappa shape index (κ2) is 7.70. The summed E-state index contributed by atoms with van der Waals surface area (Å²) in [5, 5.41) is 2.53. The molecule has 1 aromatic carbocycles. The maximum absolute atomic E-state index is 12.3. The number of nitrogens with one attached hydrogen (secondary N) is 1. The molecule has 0 bridgehead atoms. The standard InChI is InChI=1S/C8H8FNO.C4F6O2/c1-6(11)10-8-4-2-7(9)3-5-8;5-3(6,7)1(11)2(12)4(8,9)10/h2-5H,1H3,(H,10,11);. The molecule has 0 aliphatic heterocycles. The number of rotatable bonds is 2. The van der Waals surface area contributed by atoms with Crippen molar-refractivity contribution in [3.63, 3.8) is 0 Å². The van der Waals surface area contributed by atoms with Crippen molar-refractivity contribution in [3.05, 3.63) is 30.1 Å². The molecule has 1 rings (SSSR count). The third kappa shape index (κ3) is 7.93. The van der Waals surface area contributed by atoms with E-state index in [0.717, 1.165) is 0 Å². The van der Waals surface area contributed by atoms with Crippen molar-refractivity contribution in [2.45, 2.75) is 19.3 Å². The lowest BCUT2D eigenvalue weighted by atomic mass is 10.2. The van der Waals surface area contributed by atoms with Gasteiger partial charge in [-0.2, -0.15) is 26.3 Å². The van der Waals surface area contributed by atoms with Crippen LogP contribution in [0.4, 0.5) is 36.4 Å². The highest BCUT2D eigenvalue weighted by molar-refractivity contribution is 6.41. The van der Waals surface area contributed by atoms with Crippen molar-refractivity contribution in [1.29, 1.82) is 0 Å². The van der Waals surface area contributed by atoms with Crippen LogP contribution in [0.25, 0.3) is 0 Å². The Labute approximate surface area is 124 Å². The van der Waals surface area contributed by atoms with Gasteiger partial charge in [0.15, 0.2) is 0 Å². The number of hydrogen-bond acceptors (Lipinski definition) is 3. The smallest absolute Gasteiger partial charge is 0.326 e. The van der Waals surface area contributed by atoms with Crippen molar-refractivity contribution in [1.82, 2.24) is 0 Å². The van der Waals surface area contributed by atoms with Crippen LogP contribution in [0.1, 0.15) is 6.92 Å². The molecule has 0 atom stereocenters. The Bertz CT molecular complexity index is 552. The minimum atomic E-state index is -5.77. The van der Waals surface area contributed by atoms with Gasteiger partial charge < -0.3 is 5.32 Å². The molecule has 0 spiro atoms. The Morgan fingerprint density at radius 2 is 1.17 bits per heavy atom. The number of amides is 1. The zero-order chi connectivity index (χ0) is 18.4. The lowest BCUT2D eigenvalue weighted by Gasteiger charge is -2.05. The fourth-order valence-electron chi connectivity index (χ4n) is 0.994. The first-order valence-corrected chi connectivity index (χ1v) is 5.51. The van der Waals surface area contributed by atoms with Crippen LogP contribution in [0.3, 0.4) is 0 Å². The van der Waals surface area contributed by atoms with Crippen molar-refractivity contribution in [2.24, 2.45) is 0 Å². The summed E-state index contributed by atoms with van der Waals surface area (Å²) in [5.74, 6) is -7.28. The lowest BCUT2D eigenvalue weighted by Crippen LogP contribution is -2.39. The summed E-state index contributed by atoms with van der Waals surface area (Å²) in [6.07, 6.45) is -11.5. The van der Waals surface area contributed by atoms with Crippen LogP contribution < -0.4 is 5.32 Å². The molecule has 1 aromatic rings. The molecule has 0 unspecified atom stereocenters. The summed E-state index contributed by atoms with van der Waals surface area (Å²) in [6.45, 7) is 1.41. The zero-order valence-electron chi connectivity index (χ0n) is 11.2. The molecule has 23 heavy (non-hydrogen) atoms. The van der Waals surface area contributed by atoms with E-state index in [1.54, 1.807) is 0 Å². The van der Waals surface area contributed by atoms with Gasteiger partial charge in [-0.25, -0.2) is 4.39 Å². The van der Waals surface area contributed by atoms with E-state index in [-0.39, 0.29) is 11.7 Å². The van der Waals surface area contributed by atoms with Crippen LogP contribution in [0.15, 0.2) is 24.3 Å². The molecule has 4 nitrogen and oxygen atoms in total. The molecule has 11 heteroatoms. The van der Waals surface area contributed by atoms with Crippen molar-refractivity contribution in [3.8, 4) is 0 Å². The van der Waals surface area contributed by atoms with E-state index in [1.807, 2.05) is 0 Å². The van der Waals surface area contributed by atoms with Crippen LogP contribution in [0.5, 0.6) is 0 Å². The third-order valence-corrected chi connectivity index (χ3v) is 1.89. The fourth-order valence-corrected chi connectivity index (χ4v) is 0.994.